The summed E-state index contributed by atoms with van der Waals surface area (Å²) in [4.78, 5) is 0. The maximum absolute atomic E-state index is 5.86. The molecular weight excluding hydrogens is 242 g/mol. The Bertz CT molecular complexity index is 579. The highest BCUT2D eigenvalue weighted by Crippen LogP contribution is 2.30. The lowest BCUT2D eigenvalue weighted by atomic mass is 9.81. The Labute approximate surface area is 122 Å². The third-order valence-electron chi connectivity index (χ3n) is 4.35. The second-order valence-electron chi connectivity index (χ2n) is 6.18. The first-order chi connectivity index (χ1) is 9.47. The average molecular weight is 267 g/mol. The monoisotopic (exact) mass is 267 g/mol. The van der Waals surface area contributed by atoms with Gasteiger partial charge in [0.2, 0.25) is 0 Å². The Morgan fingerprint density at radius 2 is 1.65 bits per heavy atom. The van der Waals surface area contributed by atoms with Gasteiger partial charge in [-0.05, 0) is 41.0 Å². The number of nitrogens with two attached hydrogens (primary N) is 1. The van der Waals surface area contributed by atoms with Crippen molar-refractivity contribution >= 4 is 0 Å². The Morgan fingerprint density at radius 1 is 1.00 bits per heavy atom. The van der Waals surface area contributed by atoms with Gasteiger partial charge in [0.1, 0.15) is 0 Å². The van der Waals surface area contributed by atoms with E-state index in [0.29, 0.717) is 6.54 Å². The summed E-state index contributed by atoms with van der Waals surface area (Å²) in [5, 5.41) is 0. The first-order valence-electron chi connectivity index (χ1n) is 7.38. The Morgan fingerprint density at radius 3 is 2.20 bits per heavy atom. The molecule has 0 aliphatic carbocycles. The fourth-order valence-electron chi connectivity index (χ4n) is 2.44. The van der Waals surface area contributed by atoms with Crippen LogP contribution in [0.1, 0.15) is 43.9 Å². The van der Waals surface area contributed by atoms with Crippen LogP contribution in [-0.2, 0) is 12.0 Å². The first-order valence-corrected chi connectivity index (χ1v) is 7.38. The minimum Gasteiger partial charge on any atom is -0.326 e. The zero-order valence-corrected chi connectivity index (χ0v) is 13.0. The van der Waals surface area contributed by atoms with Crippen molar-refractivity contribution in [1.29, 1.82) is 0 Å². The lowest BCUT2D eigenvalue weighted by molar-refractivity contribution is 0.506. The van der Waals surface area contributed by atoms with Crippen LogP contribution in [0.5, 0.6) is 0 Å². The van der Waals surface area contributed by atoms with Crippen molar-refractivity contribution in [3.05, 3.63) is 59.2 Å². The van der Waals surface area contributed by atoms with Gasteiger partial charge in [-0.3, -0.25) is 0 Å². The second-order valence-corrected chi connectivity index (χ2v) is 6.18. The zero-order valence-electron chi connectivity index (χ0n) is 13.0. The van der Waals surface area contributed by atoms with Gasteiger partial charge in [-0.1, -0.05) is 68.8 Å². The summed E-state index contributed by atoms with van der Waals surface area (Å²) >= 11 is 0. The summed E-state index contributed by atoms with van der Waals surface area (Å²) in [5.41, 5.74) is 12.5. The van der Waals surface area contributed by atoms with Gasteiger partial charge in [0.05, 0.1) is 0 Å². The summed E-state index contributed by atoms with van der Waals surface area (Å²) in [6.07, 6.45) is 1.14. The number of rotatable bonds is 4. The van der Waals surface area contributed by atoms with Crippen LogP contribution < -0.4 is 5.73 Å². The van der Waals surface area contributed by atoms with E-state index in [1.165, 1.54) is 27.8 Å². The van der Waals surface area contributed by atoms with Crippen molar-refractivity contribution in [3.8, 4) is 11.1 Å². The predicted octanol–water partition coefficient (Wildman–Crippen LogP) is 4.81. The number of hydrogen-bond donors (Lipinski definition) is 1. The van der Waals surface area contributed by atoms with E-state index in [0.717, 1.165) is 6.42 Å². The second kappa shape index (κ2) is 5.80. The molecule has 0 unspecified atom stereocenters. The summed E-state index contributed by atoms with van der Waals surface area (Å²) < 4.78 is 0. The van der Waals surface area contributed by atoms with Crippen molar-refractivity contribution in [2.24, 2.45) is 5.73 Å². The molecule has 0 saturated heterocycles. The molecule has 2 aromatic rings. The minimum atomic E-state index is 0.238. The van der Waals surface area contributed by atoms with E-state index in [2.05, 4.69) is 70.2 Å². The van der Waals surface area contributed by atoms with Crippen molar-refractivity contribution in [2.75, 3.05) is 0 Å². The smallest absolute Gasteiger partial charge is 0.0184 e. The van der Waals surface area contributed by atoms with Gasteiger partial charge in [0.15, 0.2) is 0 Å². The largest absolute Gasteiger partial charge is 0.326 e. The van der Waals surface area contributed by atoms with Gasteiger partial charge < -0.3 is 5.73 Å². The summed E-state index contributed by atoms with van der Waals surface area (Å²) in [6.45, 7) is 9.52. The third kappa shape index (κ3) is 2.94. The maximum Gasteiger partial charge on any atom is 0.0184 e. The summed E-state index contributed by atoms with van der Waals surface area (Å²) in [5.74, 6) is 0. The van der Waals surface area contributed by atoms with Gasteiger partial charge in [-0.25, -0.2) is 0 Å². The zero-order chi connectivity index (χ0) is 14.8. The molecule has 0 bridgehead atoms. The van der Waals surface area contributed by atoms with Crippen LogP contribution in [0, 0.1) is 6.92 Å². The minimum absolute atomic E-state index is 0.238. The van der Waals surface area contributed by atoms with E-state index < -0.39 is 0 Å². The van der Waals surface area contributed by atoms with E-state index in [4.69, 9.17) is 5.73 Å². The molecule has 0 aliphatic heterocycles. The highest BCUT2D eigenvalue weighted by Gasteiger charge is 2.17. The van der Waals surface area contributed by atoms with Gasteiger partial charge in [-0.15, -0.1) is 0 Å². The molecular formula is C19H25N. The van der Waals surface area contributed by atoms with E-state index in [1.54, 1.807) is 0 Å². The molecule has 2 aromatic carbocycles. The Hall–Kier alpha value is -1.60. The Balaban J connectivity index is 2.42. The molecule has 0 spiro atoms. The molecule has 0 amide bonds. The molecule has 0 radical (unpaired) electrons. The molecule has 0 atom stereocenters. The number of hydrogen-bond acceptors (Lipinski definition) is 1. The SMILES string of the molecule is CCC(C)(C)c1ccc(-c2cc(C)ccc2CN)cc1. The van der Waals surface area contributed by atoms with Crippen LogP contribution in [0.15, 0.2) is 42.5 Å². The summed E-state index contributed by atoms with van der Waals surface area (Å²) in [6, 6.07) is 15.4. The van der Waals surface area contributed by atoms with Crippen LogP contribution in [0.3, 0.4) is 0 Å². The van der Waals surface area contributed by atoms with Crippen LogP contribution in [-0.4, -0.2) is 0 Å². The lowest BCUT2D eigenvalue weighted by Crippen LogP contribution is -2.15. The topological polar surface area (TPSA) is 26.0 Å². The van der Waals surface area contributed by atoms with Crippen molar-refractivity contribution in [2.45, 2.75) is 46.1 Å². The highest BCUT2D eigenvalue weighted by molar-refractivity contribution is 5.68. The molecule has 2 rings (SSSR count). The van der Waals surface area contributed by atoms with Crippen LogP contribution >= 0.6 is 0 Å². The van der Waals surface area contributed by atoms with Crippen LogP contribution in [0.2, 0.25) is 0 Å². The predicted molar refractivity (Wildman–Crippen MR) is 87.8 cm³/mol. The van der Waals surface area contributed by atoms with E-state index in [-0.39, 0.29) is 5.41 Å². The van der Waals surface area contributed by atoms with Gasteiger partial charge in [-0.2, -0.15) is 0 Å². The fraction of sp³-hybridized carbons (Fsp3) is 0.368. The van der Waals surface area contributed by atoms with Crippen molar-refractivity contribution in [1.82, 2.24) is 0 Å². The van der Waals surface area contributed by atoms with Crippen LogP contribution in [0.4, 0.5) is 0 Å². The lowest BCUT2D eigenvalue weighted by Gasteiger charge is -2.23. The number of benzene rings is 2. The highest BCUT2D eigenvalue weighted by atomic mass is 14.5. The van der Waals surface area contributed by atoms with E-state index in [9.17, 15) is 0 Å². The van der Waals surface area contributed by atoms with Crippen molar-refractivity contribution < 1.29 is 0 Å². The standard InChI is InChI=1S/C19H25N/c1-5-19(3,4)17-10-8-15(9-11-17)18-12-14(2)6-7-16(18)13-20/h6-12H,5,13,20H2,1-4H3. The van der Waals surface area contributed by atoms with E-state index >= 15 is 0 Å². The normalized spacial score (nSPS) is 11.7. The number of aryl methyl sites for hydroxylation is 1. The summed E-state index contributed by atoms with van der Waals surface area (Å²) in [7, 11) is 0. The third-order valence-corrected chi connectivity index (χ3v) is 4.35. The Kier molecular flexibility index (Phi) is 4.29. The van der Waals surface area contributed by atoms with Gasteiger partial charge in [0, 0.05) is 6.54 Å². The molecule has 1 nitrogen and oxygen atoms in total. The van der Waals surface area contributed by atoms with Gasteiger partial charge >= 0.3 is 0 Å². The average Bonchev–Trinajstić information content (AvgIpc) is 2.47. The fourth-order valence-corrected chi connectivity index (χ4v) is 2.44. The maximum atomic E-state index is 5.86. The van der Waals surface area contributed by atoms with Gasteiger partial charge in [0.25, 0.3) is 0 Å². The molecule has 20 heavy (non-hydrogen) atoms. The van der Waals surface area contributed by atoms with E-state index in [1.807, 2.05) is 0 Å². The molecule has 0 heterocycles. The molecule has 1 heteroatoms. The molecule has 0 aromatic heterocycles. The quantitative estimate of drug-likeness (QED) is 0.845. The molecule has 0 aliphatic rings. The molecule has 0 saturated carbocycles. The molecule has 0 fully saturated rings. The van der Waals surface area contributed by atoms with Crippen molar-refractivity contribution in [3.63, 3.8) is 0 Å². The molecule has 106 valence electrons. The first kappa shape index (κ1) is 14.8. The van der Waals surface area contributed by atoms with Crippen LogP contribution in [0.25, 0.3) is 11.1 Å². The molecule has 2 N–H and O–H groups in total.